The van der Waals surface area contributed by atoms with Gasteiger partial charge in [-0.25, -0.2) is 21.6 Å². The molecule has 39 heavy (non-hydrogen) atoms. The summed E-state index contributed by atoms with van der Waals surface area (Å²) in [5, 5.41) is 9.13. The van der Waals surface area contributed by atoms with Gasteiger partial charge in [-0.15, -0.1) is 0 Å². The number of hydrogen-bond acceptors (Lipinski definition) is 5. The Bertz CT molecular complexity index is 1380. The van der Waals surface area contributed by atoms with Crippen LogP contribution in [0.4, 0.5) is 26.3 Å². The lowest BCUT2D eigenvalue weighted by molar-refractivity contribution is -0.140. The number of benzene rings is 3. The number of alkyl halides is 3. The number of aliphatic hydroxyl groups excluding tert-OH is 1. The smallest absolute Gasteiger partial charge is 0.419 e. The Labute approximate surface area is 222 Å². The van der Waals surface area contributed by atoms with Crippen LogP contribution in [0.1, 0.15) is 28.7 Å². The maximum Gasteiger partial charge on any atom is 0.419 e. The van der Waals surface area contributed by atoms with Crippen LogP contribution in [0, 0.1) is 17.5 Å². The van der Waals surface area contributed by atoms with Gasteiger partial charge in [0.05, 0.1) is 17.1 Å². The van der Waals surface area contributed by atoms with Crippen LogP contribution < -0.4 is 4.74 Å². The topological polar surface area (TPSA) is 66.8 Å². The molecule has 0 amide bonds. The Morgan fingerprint density at radius 3 is 2.28 bits per heavy atom. The zero-order valence-corrected chi connectivity index (χ0v) is 21.8. The summed E-state index contributed by atoms with van der Waals surface area (Å²) >= 11 is 0. The molecule has 1 N–H and O–H groups in total. The van der Waals surface area contributed by atoms with Crippen molar-refractivity contribution in [3.8, 4) is 5.75 Å². The van der Waals surface area contributed by atoms with Crippen LogP contribution in [0.25, 0.3) is 0 Å². The van der Waals surface area contributed by atoms with Gasteiger partial charge in [0.15, 0.2) is 9.84 Å². The molecule has 0 atom stereocenters. The van der Waals surface area contributed by atoms with Crippen LogP contribution >= 0.6 is 0 Å². The van der Waals surface area contributed by atoms with E-state index in [1.165, 1.54) is 30.3 Å². The molecule has 5 nitrogen and oxygen atoms in total. The predicted molar refractivity (Wildman–Crippen MR) is 132 cm³/mol. The van der Waals surface area contributed by atoms with Crippen molar-refractivity contribution in [3.63, 3.8) is 0 Å². The highest BCUT2D eigenvalue weighted by Crippen LogP contribution is 2.33. The van der Waals surface area contributed by atoms with Gasteiger partial charge in [0, 0.05) is 49.7 Å². The van der Waals surface area contributed by atoms with Crippen molar-refractivity contribution in [3.05, 3.63) is 94.3 Å². The van der Waals surface area contributed by atoms with Crippen molar-refractivity contribution in [2.45, 2.75) is 37.0 Å². The number of nitrogens with zero attached hydrogens (tertiary/aromatic N) is 1. The second kappa shape index (κ2) is 12.8. The predicted octanol–water partition coefficient (Wildman–Crippen LogP) is 5.53. The Hall–Kier alpha value is -3.09. The Kier molecular flexibility index (Phi) is 10.0. The molecule has 0 fully saturated rings. The lowest BCUT2D eigenvalue weighted by Crippen LogP contribution is -2.26. The minimum absolute atomic E-state index is 0.0209. The van der Waals surface area contributed by atoms with Gasteiger partial charge >= 0.3 is 6.18 Å². The maximum absolute atomic E-state index is 14.7. The Morgan fingerprint density at radius 2 is 1.67 bits per heavy atom. The van der Waals surface area contributed by atoms with Crippen molar-refractivity contribution in [2.75, 3.05) is 26.0 Å². The monoisotopic (exact) mass is 575 g/mol. The fourth-order valence-corrected chi connectivity index (χ4v) is 5.04. The van der Waals surface area contributed by atoms with Gasteiger partial charge in [-0.1, -0.05) is 24.3 Å². The third-order valence-electron chi connectivity index (χ3n) is 5.87. The van der Waals surface area contributed by atoms with Crippen molar-refractivity contribution in [1.29, 1.82) is 0 Å². The maximum atomic E-state index is 14.7. The highest BCUT2D eigenvalue weighted by molar-refractivity contribution is 7.90. The molecule has 12 heteroatoms. The standard InChI is InChI=1S/C27H27F6NO4S/c1-39(36,37)25-15-21(14-24(29)22(25)10-12-35)38-13-3-11-34(16-18-6-8-20(28)9-7-18)17-19-4-2-5-23(26(19)30)27(31,32)33/h2,4-9,14-15,35H,3,10-13,16-17H2,1H3. The van der Waals surface area contributed by atoms with Gasteiger partial charge in [-0.05, 0) is 42.7 Å². The molecule has 0 heterocycles. The second-order valence-electron chi connectivity index (χ2n) is 8.94. The molecule has 0 saturated heterocycles. The highest BCUT2D eigenvalue weighted by atomic mass is 32.2. The van der Waals surface area contributed by atoms with Crippen molar-refractivity contribution in [2.24, 2.45) is 0 Å². The average molecular weight is 576 g/mol. The summed E-state index contributed by atoms with van der Waals surface area (Å²) in [5.41, 5.74) is -1.06. The molecular weight excluding hydrogens is 548 g/mol. The van der Waals surface area contributed by atoms with Crippen LogP contribution in [-0.4, -0.2) is 44.4 Å². The van der Waals surface area contributed by atoms with E-state index >= 15 is 0 Å². The first-order valence-electron chi connectivity index (χ1n) is 11.9. The third-order valence-corrected chi connectivity index (χ3v) is 7.04. The lowest BCUT2D eigenvalue weighted by Gasteiger charge is -2.24. The molecule has 3 aromatic carbocycles. The third kappa shape index (κ3) is 8.45. The fraction of sp³-hybridized carbons (Fsp3) is 0.333. The summed E-state index contributed by atoms with van der Waals surface area (Å²) in [7, 11) is -3.82. The quantitative estimate of drug-likeness (QED) is 0.227. The molecule has 212 valence electrons. The normalized spacial score (nSPS) is 12.2. The molecule has 0 unspecified atom stereocenters. The number of hydrogen-bond donors (Lipinski definition) is 1. The van der Waals surface area contributed by atoms with Crippen molar-refractivity contribution < 1.29 is 44.6 Å². The molecule has 0 aliphatic heterocycles. The molecule has 0 aliphatic carbocycles. The molecule has 3 aromatic rings. The van der Waals surface area contributed by atoms with Gasteiger partial charge in [0.25, 0.3) is 0 Å². The molecule has 3 rings (SSSR count). The summed E-state index contributed by atoms with van der Waals surface area (Å²) in [5.74, 6) is -2.74. The summed E-state index contributed by atoms with van der Waals surface area (Å²) < 4.78 is 112. The number of halogens is 6. The number of ether oxygens (including phenoxy) is 1. The van der Waals surface area contributed by atoms with E-state index in [0.29, 0.717) is 11.6 Å². The minimum atomic E-state index is -4.86. The van der Waals surface area contributed by atoms with Gasteiger partial charge < -0.3 is 9.84 Å². The first-order chi connectivity index (χ1) is 18.3. The highest BCUT2D eigenvalue weighted by Gasteiger charge is 2.35. The molecule has 0 aromatic heterocycles. The molecule has 0 saturated carbocycles. The largest absolute Gasteiger partial charge is 0.493 e. The van der Waals surface area contributed by atoms with E-state index in [2.05, 4.69) is 0 Å². The number of aliphatic hydroxyl groups is 1. The Balaban J connectivity index is 1.75. The minimum Gasteiger partial charge on any atom is -0.493 e. The summed E-state index contributed by atoms with van der Waals surface area (Å²) in [6.07, 6.45) is -3.88. The number of sulfone groups is 1. The zero-order valence-electron chi connectivity index (χ0n) is 20.9. The van der Waals surface area contributed by atoms with E-state index in [4.69, 9.17) is 9.84 Å². The van der Waals surface area contributed by atoms with E-state index in [0.717, 1.165) is 24.5 Å². The van der Waals surface area contributed by atoms with E-state index < -0.39 is 45.6 Å². The van der Waals surface area contributed by atoms with Gasteiger partial charge in [0.1, 0.15) is 23.2 Å². The fourth-order valence-electron chi connectivity index (χ4n) is 4.06. The zero-order chi connectivity index (χ0) is 28.8. The molecular formula is C27H27F6NO4S. The summed E-state index contributed by atoms with van der Waals surface area (Å²) in [4.78, 5) is 1.35. The molecule has 0 spiro atoms. The van der Waals surface area contributed by atoms with Crippen LogP contribution in [0.3, 0.4) is 0 Å². The number of rotatable bonds is 12. The van der Waals surface area contributed by atoms with E-state index in [1.807, 2.05) is 0 Å². The first-order valence-corrected chi connectivity index (χ1v) is 13.8. The van der Waals surface area contributed by atoms with Crippen LogP contribution in [0.2, 0.25) is 0 Å². The van der Waals surface area contributed by atoms with Gasteiger partial charge in [0.2, 0.25) is 0 Å². The first kappa shape index (κ1) is 30.5. The van der Waals surface area contributed by atoms with Crippen LogP contribution in [0.5, 0.6) is 5.75 Å². The average Bonchev–Trinajstić information content (AvgIpc) is 2.84. The SMILES string of the molecule is CS(=O)(=O)c1cc(OCCCN(Cc2ccc(F)cc2)Cc2cccc(C(F)(F)F)c2F)cc(F)c1CCO. The van der Waals surface area contributed by atoms with E-state index in [1.54, 1.807) is 4.90 Å². The molecule has 0 bridgehead atoms. The van der Waals surface area contributed by atoms with Gasteiger partial charge in [-0.3, -0.25) is 4.90 Å². The van der Waals surface area contributed by atoms with Gasteiger partial charge in [-0.2, -0.15) is 13.2 Å². The molecule has 0 aliphatic rings. The van der Waals surface area contributed by atoms with Crippen LogP contribution in [-0.2, 0) is 35.5 Å². The van der Waals surface area contributed by atoms with Crippen molar-refractivity contribution in [1.82, 2.24) is 4.90 Å². The summed E-state index contributed by atoms with van der Waals surface area (Å²) in [6.45, 7) is -0.283. The van der Waals surface area contributed by atoms with E-state index in [-0.39, 0.29) is 60.9 Å². The van der Waals surface area contributed by atoms with E-state index in [9.17, 15) is 34.8 Å². The second-order valence-corrected chi connectivity index (χ2v) is 10.9. The molecule has 0 radical (unpaired) electrons. The lowest BCUT2D eigenvalue weighted by atomic mass is 10.1. The van der Waals surface area contributed by atoms with Crippen LogP contribution in [0.15, 0.2) is 59.5 Å². The summed E-state index contributed by atoms with van der Waals surface area (Å²) in [6, 6.07) is 10.7. The Morgan fingerprint density at radius 1 is 0.974 bits per heavy atom. The van der Waals surface area contributed by atoms with Crippen molar-refractivity contribution >= 4 is 9.84 Å².